The van der Waals surface area contributed by atoms with Gasteiger partial charge in [-0.3, -0.25) is 14.6 Å². The number of pyridine rings is 1. The highest BCUT2D eigenvalue weighted by Crippen LogP contribution is 2.41. The van der Waals surface area contributed by atoms with Gasteiger partial charge in [-0.1, -0.05) is 6.07 Å². The van der Waals surface area contributed by atoms with Gasteiger partial charge < -0.3 is 19.4 Å². The standard InChI is InChI=1S/C24H26N4O4/c1-14-5-6-17(11-25-14)24(30)28-12-18(16-7-8-21(31-3)22(9-16)32-4)19(13-28)20-10-23(29)27-15(2)26-20/h5-11,18-19H,12-13H2,1-4H3,(H,26,27,29)/t18-,19+/m0/s1. The lowest BCUT2D eigenvalue weighted by Gasteiger charge is -2.19. The third kappa shape index (κ3) is 4.21. The van der Waals surface area contributed by atoms with Crippen molar-refractivity contribution in [1.82, 2.24) is 19.9 Å². The number of methoxy groups -OCH3 is 2. The molecule has 1 fully saturated rings. The second-order valence-corrected chi connectivity index (χ2v) is 7.98. The first-order chi connectivity index (χ1) is 15.4. The van der Waals surface area contributed by atoms with E-state index in [1.165, 1.54) is 6.07 Å². The number of carbonyl (C=O) groups excluding carboxylic acids is 1. The summed E-state index contributed by atoms with van der Waals surface area (Å²) in [5.41, 5.74) is 2.85. The van der Waals surface area contributed by atoms with Crippen LogP contribution in [-0.4, -0.2) is 53.1 Å². The van der Waals surface area contributed by atoms with Gasteiger partial charge >= 0.3 is 0 Å². The zero-order valence-electron chi connectivity index (χ0n) is 18.6. The molecule has 4 rings (SSSR count). The number of likely N-dealkylation sites (tertiary alicyclic amines) is 1. The SMILES string of the molecule is COc1ccc([C@@H]2CN(C(=O)c3ccc(C)nc3)C[C@H]2c2cc(=O)[nH]c(C)n2)cc1OC. The van der Waals surface area contributed by atoms with E-state index in [0.29, 0.717) is 41.7 Å². The van der Waals surface area contributed by atoms with Crippen LogP contribution in [0.25, 0.3) is 0 Å². The summed E-state index contributed by atoms with van der Waals surface area (Å²) < 4.78 is 10.9. The minimum absolute atomic E-state index is 0.0640. The Morgan fingerprint density at radius 2 is 1.78 bits per heavy atom. The molecule has 2 aromatic heterocycles. The summed E-state index contributed by atoms with van der Waals surface area (Å²) in [7, 11) is 3.19. The number of rotatable bonds is 5. The van der Waals surface area contributed by atoms with E-state index in [2.05, 4.69) is 15.0 Å². The molecule has 8 nitrogen and oxygen atoms in total. The van der Waals surface area contributed by atoms with Crippen LogP contribution >= 0.6 is 0 Å². The van der Waals surface area contributed by atoms with Gasteiger partial charge in [-0.2, -0.15) is 0 Å². The number of aromatic nitrogens is 3. The van der Waals surface area contributed by atoms with E-state index in [1.54, 1.807) is 38.3 Å². The number of hydrogen-bond acceptors (Lipinski definition) is 6. The summed E-state index contributed by atoms with van der Waals surface area (Å²) >= 11 is 0. The summed E-state index contributed by atoms with van der Waals surface area (Å²) in [6, 6.07) is 10.9. The van der Waals surface area contributed by atoms with Crippen LogP contribution < -0.4 is 15.0 Å². The average Bonchev–Trinajstić information content (AvgIpc) is 3.23. The molecule has 3 aromatic rings. The Bertz CT molecular complexity index is 1190. The highest BCUT2D eigenvalue weighted by atomic mass is 16.5. The van der Waals surface area contributed by atoms with E-state index in [4.69, 9.17) is 9.47 Å². The van der Waals surface area contributed by atoms with E-state index < -0.39 is 0 Å². The molecule has 0 saturated carbocycles. The lowest BCUT2D eigenvalue weighted by molar-refractivity contribution is 0.0788. The predicted molar refractivity (Wildman–Crippen MR) is 120 cm³/mol. The maximum atomic E-state index is 13.2. The highest BCUT2D eigenvalue weighted by molar-refractivity contribution is 5.94. The first-order valence-corrected chi connectivity index (χ1v) is 10.4. The van der Waals surface area contributed by atoms with E-state index in [-0.39, 0.29) is 23.3 Å². The molecular formula is C24H26N4O4. The normalized spacial score (nSPS) is 17.9. The number of amides is 1. The van der Waals surface area contributed by atoms with Crippen molar-refractivity contribution in [1.29, 1.82) is 0 Å². The zero-order chi connectivity index (χ0) is 22.8. The molecular weight excluding hydrogens is 408 g/mol. The molecule has 0 radical (unpaired) electrons. The maximum absolute atomic E-state index is 13.2. The Morgan fingerprint density at radius 1 is 1.03 bits per heavy atom. The predicted octanol–water partition coefficient (Wildman–Crippen LogP) is 2.82. The number of carbonyl (C=O) groups is 1. The first kappa shape index (κ1) is 21.5. The molecule has 0 aliphatic carbocycles. The summed E-state index contributed by atoms with van der Waals surface area (Å²) in [6.45, 7) is 4.57. The molecule has 2 atom stereocenters. The number of H-pyrrole nitrogens is 1. The molecule has 166 valence electrons. The molecule has 1 amide bonds. The molecule has 8 heteroatoms. The van der Waals surface area contributed by atoms with Gasteiger partial charge in [0.25, 0.3) is 11.5 Å². The summed E-state index contributed by atoms with van der Waals surface area (Å²) in [5.74, 6) is 1.50. The maximum Gasteiger partial charge on any atom is 0.255 e. The molecule has 1 saturated heterocycles. The minimum atomic E-state index is -0.203. The van der Waals surface area contributed by atoms with Crippen LogP contribution in [0.15, 0.2) is 47.4 Å². The highest BCUT2D eigenvalue weighted by Gasteiger charge is 2.39. The number of benzene rings is 1. The molecule has 0 bridgehead atoms. The minimum Gasteiger partial charge on any atom is -0.493 e. The van der Waals surface area contributed by atoms with E-state index in [9.17, 15) is 9.59 Å². The topological polar surface area (TPSA) is 97.4 Å². The van der Waals surface area contributed by atoms with E-state index in [1.807, 2.05) is 31.2 Å². The van der Waals surface area contributed by atoms with Gasteiger partial charge in [0.15, 0.2) is 11.5 Å². The lowest BCUT2D eigenvalue weighted by Crippen LogP contribution is -2.29. The first-order valence-electron chi connectivity index (χ1n) is 10.4. The fraction of sp³-hybridized carbons (Fsp3) is 0.333. The lowest BCUT2D eigenvalue weighted by atomic mass is 9.86. The van der Waals surface area contributed by atoms with Crippen molar-refractivity contribution in [3.63, 3.8) is 0 Å². The summed E-state index contributed by atoms with van der Waals surface area (Å²) in [5, 5.41) is 0. The van der Waals surface area contributed by atoms with Crippen molar-refractivity contribution in [2.75, 3.05) is 27.3 Å². The number of aromatic amines is 1. The van der Waals surface area contributed by atoms with Gasteiger partial charge in [0.05, 0.1) is 25.5 Å². The van der Waals surface area contributed by atoms with E-state index in [0.717, 1.165) is 11.3 Å². The number of ether oxygens (including phenoxy) is 2. The van der Waals surface area contributed by atoms with Crippen LogP contribution in [0.4, 0.5) is 0 Å². The van der Waals surface area contributed by atoms with Gasteiger partial charge in [0, 0.05) is 42.9 Å². The number of hydrogen-bond donors (Lipinski definition) is 1. The second kappa shape index (κ2) is 8.82. The van der Waals surface area contributed by atoms with E-state index >= 15 is 0 Å². The fourth-order valence-corrected chi connectivity index (χ4v) is 4.26. The smallest absolute Gasteiger partial charge is 0.255 e. The zero-order valence-corrected chi connectivity index (χ0v) is 18.6. The number of aryl methyl sites for hydroxylation is 2. The molecule has 1 aromatic carbocycles. The fourth-order valence-electron chi connectivity index (χ4n) is 4.26. The van der Waals surface area contributed by atoms with Gasteiger partial charge in [0.2, 0.25) is 0 Å². The molecule has 1 aliphatic heterocycles. The van der Waals surface area contributed by atoms with Crippen molar-refractivity contribution in [2.45, 2.75) is 25.7 Å². The van der Waals surface area contributed by atoms with Crippen LogP contribution in [0, 0.1) is 13.8 Å². The molecule has 0 spiro atoms. The Kier molecular flexibility index (Phi) is 5.94. The van der Waals surface area contributed by atoms with Crippen LogP contribution in [0.2, 0.25) is 0 Å². The molecule has 32 heavy (non-hydrogen) atoms. The average molecular weight is 434 g/mol. The van der Waals surface area contributed by atoms with Crippen LogP contribution in [0.5, 0.6) is 11.5 Å². The van der Waals surface area contributed by atoms with Gasteiger partial charge in [-0.25, -0.2) is 4.98 Å². The molecule has 3 heterocycles. The molecule has 1 aliphatic rings. The largest absolute Gasteiger partial charge is 0.493 e. The van der Waals surface area contributed by atoms with Gasteiger partial charge in [0.1, 0.15) is 5.82 Å². The Hall–Kier alpha value is -3.68. The van der Waals surface area contributed by atoms with Crippen molar-refractivity contribution < 1.29 is 14.3 Å². The van der Waals surface area contributed by atoms with Crippen molar-refractivity contribution in [3.8, 4) is 11.5 Å². The van der Waals surface area contributed by atoms with Crippen LogP contribution in [-0.2, 0) is 0 Å². The Labute approximate surface area is 186 Å². The van der Waals surface area contributed by atoms with Crippen LogP contribution in [0.1, 0.15) is 45.0 Å². The molecule has 1 N–H and O–H groups in total. The number of nitrogens with zero attached hydrogens (tertiary/aromatic N) is 3. The Balaban J connectivity index is 1.73. The third-order valence-corrected chi connectivity index (χ3v) is 5.86. The van der Waals surface area contributed by atoms with Gasteiger partial charge in [-0.15, -0.1) is 0 Å². The van der Waals surface area contributed by atoms with Crippen molar-refractivity contribution in [2.24, 2.45) is 0 Å². The summed E-state index contributed by atoms with van der Waals surface area (Å²) in [4.78, 5) is 38.7. The van der Waals surface area contributed by atoms with Crippen LogP contribution in [0.3, 0.4) is 0 Å². The Morgan fingerprint density at radius 3 is 2.44 bits per heavy atom. The van der Waals surface area contributed by atoms with Crippen molar-refractivity contribution >= 4 is 5.91 Å². The third-order valence-electron chi connectivity index (χ3n) is 5.86. The monoisotopic (exact) mass is 434 g/mol. The number of nitrogens with one attached hydrogen (secondary N) is 1. The summed E-state index contributed by atoms with van der Waals surface area (Å²) in [6.07, 6.45) is 1.60. The molecule has 0 unspecified atom stereocenters. The quantitative estimate of drug-likeness (QED) is 0.663. The van der Waals surface area contributed by atoms with Crippen molar-refractivity contribution in [3.05, 3.63) is 81.3 Å². The van der Waals surface area contributed by atoms with Gasteiger partial charge in [-0.05, 0) is 43.7 Å². The second-order valence-electron chi connectivity index (χ2n) is 7.98.